The number of aromatic nitrogens is 2. The van der Waals surface area contributed by atoms with Gasteiger partial charge in [-0.1, -0.05) is 55.3 Å². The summed E-state index contributed by atoms with van der Waals surface area (Å²) in [6, 6.07) is 4.71. The SMILES string of the molecule is C=C(/C=C(\C=C/C)C(CCC)NC(=O)c1cnn(-c2ccc(Cl)c(Cl)c2)c1C)S(C)(=O)=O. The number of carbonyl (C=O) groups excluding carboxylic acids is 1. The van der Waals surface area contributed by atoms with Gasteiger partial charge in [-0.3, -0.25) is 4.79 Å². The number of rotatable bonds is 9. The highest BCUT2D eigenvalue weighted by molar-refractivity contribution is 7.94. The molecule has 0 aliphatic carbocycles. The number of carbonyl (C=O) groups is 1. The van der Waals surface area contributed by atoms with Gasteiger partial charge in [0.1, 0.15) is 0 Å². The average molecular weight is 496 g/mol. The first kappa shape index (κ1) is 25.9. The van der Waals surface area contributed by atoms with E-state index in [1.165, 1.54) is 12.3 Å². The van der Waals surface area contributed by atoms with Crippen LogP contribution >= 0.6 is 23.2 Å². The Bertz CT molecular complexity index is 1180. The maximum Gasteiger partial charge on any atom is 0.255 e. The lowest BCUT2D eigenvalue weighted by molar-refractivity contribution is 0.0941. The van der Waals surface area contributed by atoms with Crippen LogP contribution in [0.2, 0.25) is 10.0 Å². The van der Waals surface area contributed by atoms with Crippen molar-refractivity contribution >= 4 is 38.9 Å². The van der Waals surface area contributed by atoms with Crippen molar-refractivity contribution in [2.24, 2.45) is 0 Å². The highest BCUT2D eigenvalue weighted by atomic mass is 35.5. The summed E-state index contributed by atoms with van der Waals surface area (Å²) in [4.78, 5) is 13.1. The molecule has 32 heavy (non-hydrogen) atoms. The summed E-state index contributed by atoms with van der Waals surface area (Å²) < 4.78 is 25.3. The Labute approximate surface area is 199 Å². The first-order chi connectivity index (χ1) is 15.0. The Hall–Kier alpha value is -2.35. The van der Waals surface area contributed by atoms with Crippen LogP contribution in [0.3, 0.4) is 0 Å². The molecule has 0 saturated carbocycles. The minimum Gasteiger partial charge on any atom is -0.345 e. The third kappa shape index (κ3) is 6.34. The smallest absolute Gasteiger partial charge is 0.255 e. The van der Waals surface area contributed by atoms with Crippen molar-refractivity contribution in [1.82, 2.24) is 15.1 Å². The van der Waals surface area contributed by atoms with E-state index in [-0.39, 0.29) is 10.8 Å². The molecule has 1 amide bonds. The number of benzene rings is 1. The van der Waals surface area contributed by atoms with Crippen LogP contribution in [-0.2, 0) is 9.84 Å². The zero-order valence-electron chi connectivity index (χ0n) is 18.5. The summed E-state index contributed by atoms with van der Waals surface area (Å²) in [5.41, 5.74) is 2.37. The van der Waals surface area contributed by atoms with Gasteiger partial charge in [-0.15, -0.1) is 0 Å². The minimum absolute atomic E-state index is 0.00966. The maximum atomic E-state index is 13.1. The predicted molar refractivity (Wildman–Crippen MR) is 131 cm³/mol. The van der Waals surface area contributed by atoms with Crippen LogP contribution in [-0.4, -0.2) is 36.4 Å². The monoisotopic (exact) mass is 495 g/mol. The summed E-state index contributed by atoms with van der Waals surface area (Å²) in [5, 5.41) is 8.15. The molecule has 1 N–H and O–H groups in total. The van der Waals surface area contributed by atoms with E-state index in [0.29, 0.717) is 39.0 Å². The van der Waals surface area contributed by atoms with Crippen LogP contribution in [0.1, 0.15) is 42.7 Å². The molecule has 0 aliphatic heterocycles. The summed E-state index contributed by atoms with van der Waals surface area (Å²) in [6.45, 7) is 9.25. The van der Waals surface area contributed by atoms with Crippen molar-refractivity contribution < 1.29 is 13.2 Å². The van der Waals surface area contributed by atoms with E-state index in [1.54, 1.807) is 42.0 Å². The summed E-state index contributed by atoms with van der Waals surface area (Å²) in [6.07, 6.45) is 9.08. The van der Waals surface area contributed by atoms with Crippen molar-refractivity contribution in [3.8, 4) is 5.69 Å². The van der Waals surface area contributed by atoms with E-state index in [4.69, 9.17) is 23.2 Å². The summed E-state index contributed by atoms with van der Waals surface area (Å²) in [7, 11) is -3.44. The molecule has 9 heteroatoms. The van der Waals surface area contributed by atoms with Gasteiger partial charge < -0.3 is 5.32 Å². The minimum atomic E-state index is -3.44. The van der Waals surface area contributed by atoms with E-state index < -0.39 is 15.9 Å². The van der Waals surface area contributed by atoms with Crippen molar-refractivity contribution in [1.29, 1.82) is 0 Å². The van der Waals surface area contributed by atoms with Gasteiger partial charge in [-0.2, -0.15) is 5.10 Å². The van der Waals surface area contributed by atoms with E-state index in [0.717, 1.165) is 12.7 Å². The third-order valence-corrected chi connectivity index (χ3v) is 6.66. The number of allylic oxidation sites excluding steroid dienone is 2. The molecule has 0 bridgehead atoms. The van der Waals surface area contributed by atoms with Crippen LogP contribution in [0, 0.1) is 6.92 Å². The van der Waals surface area contributed by atoms with Crippen LogP contribution in [0.25, 0.3) is 5.69 Å². The molecular formula is C23H27Cl2N3O3S. The molecule has 2 aromatic rings. The van der Waals surface area contributed by atoms with Gasteiger partial charge in [-0.05, 0) is 50.1 Å². The van der Waals surface area contributed by atoms with Gasteiger partial charge in [0.2, 0.25) is 0 Å². The quantitative estimate of drug-likeness (QED) is 0.469. The molecule has 0 aliphatic rings. The maximum absolute atomic E-state index is 13.1. The van der Waals surface area contributed by atoms with E-state index >= 15 is 0 Å². The number of hydrogen-bond donors (Lipinski definition) is 1. The second-order valence-corrected chi connectivity index (χ2v) is 10.2. The highest BCUT2D eigenvalue weighted by Crippen LogP contribution is 2.25. The molecule has 1 atom stereocenters. The van der Waals surface area contributed by atoms with Gasteiger partial charge in [0.25, 0.3) is 5.91 Å². The number of amides is 1. The third-order valence-electron chi connectivity index (χ3n) is 4.85. The second-order valence-electron chi connectivity index (χ2n) is 7.35. The zero-order chi connectivity index (χ0) is 24.1. The van der Waals surface area contributed by atoms with Gasteiger partial charge in [0.05, 0.1) is 44.1 Å². The van der Waals surface area contributed by atoms with Crippen LogP contribution in [0.4, 0.5) is 0 Å². The van der Waals surface area contributed by atoms with E-state index in [2.05, 4.69) is 17.0 Å². The lowest BCUT2D eigenvalue weighted by Crippen LogP contribution is -2.36. The fraction of sp³-hybridized carbons (Fsp3) is 0.304. The molecule has 6 nitrogen and oxygen atoms in total. The Morgan fingerprint density at radius 2 is 2.00 bits per heavy atom. The predicted octanol–water partition coefficient (Wildman–Crippen LogP) is 5.45. The molecule has 1 unspecified atom stereocenters. The number of nitrogens with zero attached hydrogens (tertiary/aromatic N) is 2. The summed E-state index contributed by atoms with van der Waals surface area (Å²) >= 11 is 12.1. The van der Waals surface area contributed by atoms with Crippen molar-refractivity contribution in [2.75, 3.05) is 6.26 Å². The fourth-order valence-corrected chi connectivity index (χ4v) is 3.75. The molecule has 1 aromatic carbocycles. The molecule has 1 aromatic heterocycles. The topological polar surface area (TPSA) is 81.1 Å². The van der Waals surface area contributed by atoms with Gasteiger partial charge >= 0.3 is 0 Å². The Kier molecular flexibility index (Phi) is 8.89. The molecule has 2 rings (SSSR count). The van der Waals surface area contributed by atoms with Crippen LogP contribution in [0.15, 0.2) is 59.7 Å². The van der Waals surface area contributed by atoms with Crippen LogP contribution < -0.4 is 5.32 Å². The van der Waals surface area contributed by atoms with Gasteiger partial charge in [-0.25, -0.2) is 13.1 Å². The number of hydrogen-bond acceptors (Lipinski definition) is 4. The molecule has 0 saturated heterocycles. The molecule has 0 radical (unpaired) electrons. The highest BCUT2D eigenvalue weighted by Gasteiger charge is 2.21. The Balaban J connectivity index is 2.37. The first-order valence-electron chi connectivity index (χ1n) is 10.0. The molecule has 0 spiro atoms. The van der Waals surface area contributed by atoms with Gasteiger partial charge in [0.15, 0.2) is 9.84 Å². The number of halogens is 2. The summed E-state index contributed by atoms with van der Waals surface area (Å²) in [5.74, 6) is -0.312. The first-order valence-corrected chi connectivity index (χ1v) is 12.7. The van der Waals surface area contributed by atoms with E-state index in [1.807, 2.05) is 13.8 Å². The standard InChI is InChI=1S/C23H27Cl2N3O3S/c1-6-8-17(12-15(3)32(5,30)31)22(9-7-2)27-23(29)19-14-26-28(16(19)4)18-10-11-20(24)21(25)13-18/h6,8,10-14,22H,3,7,9H2,1-2,4-5H3,(H,27,29)/b8-6-,17-12+. The lowest BCUT2D eigenvalue weighted by atomic mass is 10.0. The molecule has 1 heterocycles. The lowest BCUT2D eigenvalue weighted by Gasteiger charge is -2.20. The molecular weight excluding hydrogens is 469 g/mol. The van der Waals surface area contributed by atoms with Crippen molar-refractivity contribution in [3.63, 3.8) is 0 Å². The molecule has 172 valence electrons. The van der Waals surface area contributed by atoms with Gasteiger partial charge in [0, 0.05) is 6.26 Å². The normalized spacial score (nSPS) is 13.4. The average Bonchev–Trinajstić information content (AvgIpc) is 3.10. The van der Waals surface area contributed by atoms with Crippen LogP contribution in [0.5, 0.6) is 0 Å². The zero-order valence-corrected chi connectivity index (χ0v) is 20.9. The molecule has 0 fully saturated rings. The number of sulfone groups is 1. The Morgan fingerprint density at radius 1 is 1.31 bits per heavy atom. The second kappa shape index (κ2) is 11.0. The fourth-order valence-electron chi connectivity index (χ4n) is 3.11. The van der Waals surface area contributed by atoms with E-state index in [9.17, 15) is 13.2 Å². The van der Waals surface area contributed by atoms with Crippen molar-refractivity contribution in [3.05, 3.63) is 81.0 Å². The number of nitrogens with one attached hydrogen (secondary N) is 1. The van der Waals surface area contributed by atoms with Crippen molar-refractivity contribution in [2.45, 2.75) is 39.7 Å². The largest absolute Gasteiger partial charge is 0.345 e. The Morgan fingerprint density at radius 3 is 2.56 bits per heavy atom.